The number of thiophene rings is 1. The van der Waals surface area contributed by atoms with Crippen molar-refractivity contribution in [2.24, 2.45) is 0 Å². The number of nitrogens with one attached hydrogen (secondary N) is 1. The van der Waals surface area contributed by atoms with Gasteiger partial charge in [-0.3, -0.25) is 4.79 Å². The predicted octanol–water partition coefficient (Wildman–Crippen LogP) is 4.38. The molecule has 0 aliphatic rings. The van der Waals surface area contributed by atoms with E-state index in [0.29, 0.717) is 24.5 Å². The molecule has 0 saturated carbocycles. The lowest BCUT2D eigenvalue weighted by molar-refractivity contribution is -0.132. The number of benzene rings is 2. The van der Waals surface area contributed by atoms with E-state index in [-0.39, 0.29) is 19.1 Å². The van der Waals surface area contributed by atoms with Gasteiger partial charge in [-0.1, -0.05) is 12.0 Å². The zero-order valence-electron chi connectivity index (χ0n) is 19.6. The maximum atomic E-state index is 13.0. The van der Waals surface area contributed by atoms with Crippen molar-refractivity contribution in [1.29, 1.82) is 5.26 Å². The molecule has 0 aliphatic carbocycles. The summed E-state index contributed by atoms with van der Waals surface area (Å²) in [6, 6.07) is 18.9. The van der Waals surface area contributed by atoms with Crippen LogP contribution in [0.15, 0.2) is 54.6 Å². The van der Waals surface area contributed by atoms with Gasteiger partial charge in [0.2, 0.25) is 0 Å². The van der Waals surface area contributed by atoms with Crippen molar-refractivity contribution in [2.45, 2.75) is 12.5 Å². The van der Waals surface area contributed by atoms with Crippen LogP contribution < -0.4 is 19.5 Å². The number of nitrogens with zero attached hydrogens (tertiary/aromatic N) is 1. The second kappa shape index (κ2) is 13.0. The van der Waals surface area contributed by atoms with E-state index in [1.807, 2.05) is 54.6 Å². The van der Waals surface area contributed by atoms with Crippen molar-refractivity contribution in [1.82, 2.24) is 5.32 Å². The first-order chi connectivity index (χ1) is 17.1. The largest absolute Gasteiger partial charge is 0.497 e. The Labute approximate surface area is 209 Å². The summed E-state index contributed by atoms with van der Waals surface area (Å²) >= 11 is 1.48. The lowest BCUT2D eigenvalue weighted by Crippen LogP contribution is -2.32. The summed E-state index contributed by atoms with van der Waals surface area (Å²) in [6.45, 7) is 0.357. The predicted molar refractivity (Wildman–Crippen MR) is 135 cm³/mol. The van der Waals surface area contributed by atoms with E-state index in [1.165, 1.54) is 18.4 Å². The highest BCUT2D eigenvalue weighted by Crippen LogP contribution is 2.34. The number of hydrogen-bond donors (Lipinski definition) is 1. The second-order valence-corrected chi connectivity index (χ2v) is 8.41. The summed E-state index contributed by atoms with van der Waals surface area (Å²) in [7, 11) is 3.16. The van der Waals surface area contributed by atoms with Crippen molar-refractivity contribution in [2.75, 3.05) is 34.0 Å². The zero-order valence-corrected chi connectivity index (χ0v) is 20.4. The van der Waals surface area contributed by atoms with Crippen molar-refractivity contribution in [3.05, 3.63) is 65.0 Å². The van der Waals surface area contributed by atoms with Crippen LogP contribution in [0.2, 0.25) is 0 Å². The summed E-state index contributed by atoms with van der Waals surface area (Å²) in [5.74, 6) is 3.98. The Balaban J connectivity index is 1.65. The molecule has 35 heavy (non-hydrogen) atoms. The van der Waals surface area contributed by atoms with Gasteiger partial charge in [-0.15, -0.1) is 17.8 Å². The molecular weight excluding hydrogens is 464 g/mol. The molecule has 3 rings (SSSR count). The first kappa shape index (κ1) is 25.6. The molecule has 1 heterocycles. The van der Waals surface area contributed by atoms with E-state index in [1.54, 1.807) is 13.2 Å². The van der Waals surface area contributed by atoms with Crippen LogP contribution in [0.25, 0.3) is 10.4 Å². The van der Waals surface area contributed by atoms with Gasteiger partial charge in [0.1, 0.15) is 18.4 Å². The van der Waals surface area contributed by atoms with Gasteiger partial charge in [0.25, 0.3) is 5.91 Å². The van der Waals surface area contributed by atoms with Gasteiger partial charge in [0.15, 0.2) is 24.2 Å². The topological polar surface area (TPSA) is 89.8 Å². The number of methoxy groups -OCH3 is 2. The Bertz CT molecular complexity index is 1210. The van der Waals surface area contributed by atoms with Crippen molar-refractivity contribution < 1.29 is 23.7 Å². The molecular formula is C27H26N2O5S. The molecule has 1 aromatic heterocycles. The fourth-order valence-electron chi connectivity index (χ4n) is 3.34. The third-order valence-corrected chi connectivity index (χ3v) is 6.24. The molecule has 0 aliphatic heterocycles. The summed E-state index contributed by atoms with van der Waals surface area (Å²) < 4.78 is 21.6. The standard InChI is InChI=1S/C27H26N2O5S/c1-4-16-34-26(25-12-11-24(35-25)20-6-8-21(31-2)9-7-20)27(30)29-15-13-19-5-10-22(33-17-14-28)23(18-19)32-3/h1,5-12,18,26H,13,15-17H2,2-3H3,(H,29,30). The minimum atomic E-state index is -0.806. The fraction of sp³-hybridized carbons (Fsp3) is 0.259. The molecule has 7 nitrogen and oxygen atoms in total. The summed E-state index contributed by atoms with van der Waals surface area (Å²) in [4.78, 5) is 14.8. The smallest absolute Gasteiger partial charge is 0.254 e. The third-order valence-electron chi connectivity index (χ3n) is 5.06. The minimum absolute atomic E-state index is 0.0230. The van der Waals surface area contributed by atoms with Gasteiger partial charge in [-0.25, -0.2) is 0 Å². The molecule has 0 radical (unpaired) electrons. The maximum absolute atomic E-state index is 13.0. The van der Waals surface area contributed by atoms with Crippen molar-refractivity contribution in [3.8, 4) is 46.1 Å². The average Bonchev–Trinajstić information content (AvgIpc) is 3.38. The normalized spacial score (nSPS) is 11.1. The lowest BCUT2D eigenvalue weighted by atomic mass is 10.1. The van der Waals surface area contributed by atoms with E-state index in [4.69, 9.17) is 30.6 Å². The van der Waals surface area contributed by atoms with Crippen molar-refractivity contribution in [3.63, 3.8) is 0 Å². The minimum Gasteiger partial charge on any atom is -0.497 e. The van der Waals surface area contributed by atoms with Gasteiger partial charge < -0.3 is 24.3 Å². The summed E-state index contributed by atoms with van der Waals surface area (Å²) in [5.41, 5.74) is 1.97. The molecule has 0 saturated heterocycles. The van der Waals surface area contributed by atoms with Crippen LogP contribution in [-0.2, 0) is 16.0 Å². The molecule has 1 amide bonds. The van der Waals surface area contributed by atoms with Gasteiger partial charge in [-0.05, 0) is 66.1 Å². The number of carbonyl (C=O) groups is 1. The average molecular weight is 491 g/mol. The molecule has 0 bridgehead atoms. The lowest BCUT2D eigenvalue weighted by Gasteiger charge is -2.15. The van der Waals surface area contributed by atoms with Gasteiger partial charge >= 0.3 is 0 Å². The Morgan fingerprint density at radius 2 is 1.86 bits per heavy atom. The number of hydrogen-bond acceptors (Lipinski definition) is 7. The Morgan fingerprint density at radius 1 is 1.06 bits per heavy atom. The quantitative estimate of drug-likeness (QED) is 0.379. The number of ether oxygens (including phenoxy) is 4. The number of carbonyl (C=O) groups excluding carboxylic acids is 1. The molecule has 1 unspecified atom stereocenters. The van der Waals surface area contributed by atoms with Crippen LogP contribution in [0.1, 0.15) is 16.5 Å². The first-order valence-corrected chi connectivity index (χ1v) is 11.6. The van der Waals surface area contributed by atoms with Crippen molar-refractivity contribution >= 4 is 17.2 Å². The van der Waals surface area contributed by atoms with E-state index >= 15 is 0 Å². The van der Waals surface area contributed by atoms with Crippen LogP contribution in [0.5, 0.6) is 17.2 Å². The number of rotatable bonds is 12. The van der Waals surface area contributed by atoms with E-state index in [9.17, 15) is 4.79 Å². The first-order valence-electron chi connectivity index (χ1n) is 10.8. The molecule has 2 aromatic carbocycles. The third kappa shape index (κ3) is 7.00. The molecule has 1 N–H and O–H groups in total. The number of nitriles is 1. The number of terminal acetylenes is 1. The highest BCUT2D eigenvalue weighted by atomic mass is 32.1. The van der Waals surface area contributed by atoms with Crippen LogP contribution in [0.3, 0.4) is 0 Å². The summed E-state index contributed by atoms with van der Waals surface area (Å²) in [5, 5.41) is 11.6. The Morgan fingerprint density at radius 3 is 2.54 bits per heavy atom. The van der Waals surface area contributed by atoms with E-state index in [2.05, 4.69) is 11.2 Å². The second-order valence-electron chi connectivity index (χ2n) is 7.30. The molecule has 180 valence electrons. The molecule has 8 heteroatoms. The highest BCUT2D eigenvalue weighted by Gasteiger charge is 2.23. The van der Waals surface area contributed by atoms with Crippen LogP contribution >= 0.6 is 11.3 Å². The molecule has 1 atom stereocenters. The maximum Gasteiger partial charge on any atom is 0.254 e. The Hall–Kier alpha value is -3.98. The molecule has 0 fully saturated rings. The van der Waals surface area contributed by atoms with Crippen LogP contribution in [-0.4, -0.2) is 39.9 Å². The van der Waals surface area contributed by atoms with Gasteiger partial charge in [0.05, 0.1) is 14.2 Å². The SMILES string of the molecule is C#CCOC(C(=O)NCCc1ccc(OCC#N)c(OC)c1)c1ccc(-c2ccc(OC)cc2)s1. The van der Waals surface area contributed by atoms with E-state index in [0.717, 1.165) is 26.6 Å². The Kier molecular flexibility index (Phi) is 9.56. The molecule has 3 aromatic rings. The monoisotopic (exact) mass is 490 g/mol. The zero-order chi connectivity index (χ0) is 25.0. The summed E-state index contributed by atoms with van der Waals surface area (Å²) in [6.07, 6.45) is 5.14. The van der Waals surface area contributed by atoms with Crippen LogP contribution in [0.4, 0.5) is 0 Å². The fourth-order valence-corrected chi connectivity index (χ4v) is 4.40. The van der Waals surface area contributed by atoms with Gasteiger partial charge in [-0.2, -0.15) is 5.26 Å². The molecule has 0 spiro atoms. The number of amides is 1. The van der Waals surface area contributed by atoms with Gasteiger partial charge in [0, 0.05) is 16.3 Å². The van der Waals surface area contributed by atoms with E-state index < -0.39 is 6.10 Å². The highest BCUT2D eigenvalue weighted by molar-refractivity contribution is 7.15. The van der Waals surface area contributed by atoms with Crippen LogP contribution in [0, 0.1) is 23.7 Å².